The van der Waals surface area contributed by atoms with Crippen molar-refractivity contribution in [3.05, 3.63) is 29.8 Å². The van der Waals surface area contributed by atoms with E-state index in [0.29, 0.717) is 30.6 Å². The number of amides is 6. The van der Waals surface area contributed by atoms with Crippen LogP contribution in [0, 0.1) is 41.4 Å². The number of carbonyl (C=O) groups excluding carboxylic acids is 10. The van der Waals surface area contributed by atoms with Gasteiger partial charge in [-0.15, -0.1) is 0 Å². The van der Waals surface area contributed by atoms with Crippen molar-refractivity contribution >= 4 is 88.2 Å². The van der Waals surface area contributed by atoms with Crippen LogP contribution in [0.15, 0.2) is 34.3 Å². The fourth-order valence-electron chi connectivity index (χ4n) is 9.88. The van der Waals surface area contributed by atoms with Gasteiger partial charge in [0.05, 0.1) is 55.1 Å². The molecule has 0 bridgehead atoms. The number of aliphatic imine (C=N–C) groups is 2. The summed E-state index contributed by atoms with van der Waals surface area (Å²) in [6, 6.07) is -0.980. The Kier molecular flexibility index (Phi) is 38.2. The van der Waals surface area contributed by atoms with Crippen LogP contribution in [0.3, 0.4) is 0 Å². The number of carboxylic acid groups (broad SMARTS) is 1. The van der Waals surface area contributed by atoms with E-state index >= 15 is 0 Å². The maximum atomic E-state index is 14.5. The van der Waals surface area contributed by atoms with Crippen LogP contribution in [-0.4, -0.2) is 171 Å². The predicted molar refractivity (Wildman–Crippen MR) is 338 cm³/mol. The van der Waals surface area contributed by atoms with E-state index in [1.165, 1.54) is 43.0 Å². The lowest BCUT2D eigenvalue weighted by molar-refractivity contribution is -0.142. The van der Waals surface area contributed by atoms with Crippen LogP contribution in [0.1, 0.15) is 143 Å². The molecule has 11 atom stereocenters. The summed E-state index contributed by atoms with van der Waals surface area (Å²) in [4.78, 5) is 159. The Balaban J connectivity index is 3.60. The Morgan fingerprint density at radius 3 is 1.51 bits per heavy atom. The molecule has 1 rings (SSSR count). The molecule has 6 amide bonds. The van der Waals surface area contributed by atoms with Crippen molar-refractivity contribution in [2.75, 3.05) is 38.2 Å². The monoisotopic (exact) mass is 1280 g/mol. The molecule has 89 heavy (non-hydrogen) atoms. The molecule has 0 aliphatic heterocycles. The molecule has 0 saturated heterocycles. The van der Waals surface area contributed by atoms with E-state index < -0.39 is 169 Å². The number of carbonyl (C=O) groups is 11. The molecule has 0 saturated carbocycles. The first-order valence-corrected chi connectivity index (χ1v) is 31.8. The topological polar surface area (TPSA) is 510 Å². The summed E-state index contributed by atoms with van der Waals surface area (Å²) in [6.45, 7) is 9.87. The van der Waals surface area contributed by atoms with Gasteiger partial charge in [-0.2, -0.15) is 11.8 Å². The highest BCUT2D eigenvalue weighted by molar-refractivity contribution is 7.98. The van der Waals surface area contributed by atoms with Crippen molar-refractivity contribution < 1.29 is 73.2 Å². The molecule has 502 valence electrons. The van der Waals surface area contributed by atoms with Gasteiger partial charge in [-0.25, -0.2) is 0 Å². The second-order valence-electron chi connectivity index (χ2n) is 23.3. The van der Waals surface area contributed by atoms with Crippen molar-refractivity contribution in [3.63, 3.8) is 0 Å². The Morgan fingerprint density at radius 1 is 0.562 bits per heavy atom. The molecule has 0 radical (unpaired) electrons. The van der Waals surface area contributed by atoms with Gasteiger partial charge >= 0.3 is 5.97 Å². The van der Waals surface area contributed by atoms with E-state index in [1.807, 2.05) is 20.8 Å². The van der Waals surface area contributed by atoms with Gasteiger partial charge in [0.2, 0.25) is 35.4 Å². The van der Waals surface area contributed by atoms with E-state index in [-0.39, 0.29) is 100 Å². The molecule has 0 spiro atoms. The lowest BCUT2D eigenvalue weighted by Gasteiger charge is -2.27. The molecular formula is C60H101N13O15S. The van der Waals surface area contributed by atoms with E-state index in [4.69, 9.17) is 34.4 Å². The normalized spacial score (nSPS) is 15.0. The van der Waals surface area contributed by atoms with Crippen LogP contribution >= 0.6 is 11.8 Å². The molecule has 0 aliphatic carbocycles. The summed E-state index contributed by atoms with van der Waals surface area (Å²) in [7, 11) is 0. The summed E-state index contributed by atoms with van der Waals surface area (Å²) < 4.78 is 0. The van der Waals surface area contributed by atoms with Crippen LogP contribution in [-0.2, 0) is 59.2 Å². The fourth-order valence-corrected chi connectivity index (χ4v) is 10.4. The fraction of sp³-hybridized carbons (Fsp3) is 0.683. The molecular weight excluding hydrogens is 1170 g/mol. The van der Waals surface area contributed by atoms with Gasteiger partial charge in [0.15, 0.2) is 35.1 Å². The number of Topliss-reactive ketones (excluding diaryl/α,β-unsaturated/α-hetero) is 4. The number of hydrogen-bond donors (Lipinski definition) is 15. The van der Waals surface area contributed by atoms with Gasteiger partial charge in [0, 0.05) is 56.5 Å². The average Bonchev–Trinajstić information content (AvgIpc) is 2.37. The van der Waals surface area contributed by atoms with E-state index in [1.54, 1.807) is 20.1 Å². The lowest BCUT2D eigenvalue weighted by atomic mass is 9.88. The van der Waals surface area contributed by atoms with Crippen LogP contribution in [0.25, 0.3) is 0 Å². The Labute approximate surface area is 526 Å². The molecule has 28 nitrogen and oxygen atoms in total. The summed E-state index contributed by atoms with van der Waals surface area (Å²) in [5, 5.41) is 54.6. The second kappa shape index (κ2) is 42.6. The molecule has 0 unspecified atom stereocenters. The Morgan fingerprint density at radius 2 is 1.02 bits per heavy atom. The number of aliphatic carboxylic acids is 1. The van der Waals surface area contributed by atoms with Crippen molar-refractivity contribution in [1.82, 2.24) is 26.6 Å². The number of aliphatic hydroxyl groups is 2. The minimum atomic E-state index is -1.83. The summed E-state index contributed by atoms with van der Waals surface area (Å²) >= 11 is 1.31. The molecule has 29 heteroatoms. The molecule has 0 heterocycles. The van der Waals surface area contributed by atoms with Crippen LogP contribution in [0.5, 0.6) is 5.75 Å². The van der Waals surface area contributed by atoms with Crippen molar-refractivity contribution in [2.24, 2.45) is 85.8 Å². The maximum Gasteiger partial charge on any atom is 0.305 e. The van der Waals surface area contributed by atoms with Crippen LogP contribution in [0.2, 0.25) is 0 Å². The number of nitrogens with two attached hydrogens (primary N) is 6. The molecule has 0 aliphatic rings. The standard InChI is InChI=1S/C60H101N13O15S/c1-8-37(25-33(2)3)54(84)69-43(15-12-23-68-60(65)66)47(77)29-40(32-74)57(87)70-44(20-24-89-7)50(80)30-42(35(6)75)58(88)72-46(31-51(81)82)49(79)27-38(13-9-10-21-61)55(85)71-45(26-36-16-18-41(76)19-17-36)48(78)28-39(14-11-22-67-59(63)64)56(86)73-52(34(4)5)53(62)83/h16-19,33-35,37-40,42-46,52,74-76H,8-15,20-32,61H2,1-7H3,(H2,62,83)(H,69,84)(H,70,87)(H,71,85)(H,72,88)(H,73,86)(H,81,82)(H4,63,64,67)(H4,65,66,68)/t35-,37+,38-,39-,40+,42+,43+,44+,45+,46+,52+/m1/s1. The summed E-state index contributed by atoms with van der Waals surface area (Å²) in [5.41, 5.74) is 33.8. The third kappa shape index (κ3) is 31.7. The van der Waals surface area contributed by atoms with Gasteiger partial charge in [0.1, 0.15) is 11.8 Å². The molecule has 0 aromatic heterocycles. The smallest absolute Gasteiger partial charge is 0.305 e. The molecule has 21 N–H and O–H groups in total. The van der Waals surface area contributed by atoms with Gasteiger partial charge in [-0.3, -0.25) is 62.7 Å². The number of thioether (sulfide) groups is 1. The minimum Gasteiger partial charge on any atom is -0.508 e. The first kappa shape index (κ1) is 79.8. The molecule has 1 aromatic rings. The second-order valence-corrected chi connectivity index (χ2v) is 24.3. The quantitative estimate of drug-likeness (QED) is 0.0226. The SMILES string of the molecule is CC[C@@H](CC(C)C)C(=O)N[C@@H](CCCN=C(N)N)C(=O)C[C@@H](CO)C(=O)N[C@@H](CCSC)C(=O)C[C@H](C(=O)N[C@@H](CC(=O)O)C(=O)C[C@@H](CCCCN)C(=O)N[C@@H](Cc1ccc(O)cc1)C(=O)C[C@@H](CCCN=C(N)N)C(=O)N[C@H](C(N)=O)C(C)C)[C@@H](C)O. The van der Waals surface area contributed by atoms with Gasteiger partial charge in [-0.05, 0) is 119 Å². The predicted octanol–water partition coefficient (Wildman–Crippen LogP) is -0.289. The zero-order valence-electron chi connectivity index (χ0n) is 52.7. The summed E-state index contributed by atoms with van der Waals surface area (Å²) in [5.74, 6) is -15.4. The van der Waals surface area contributed by atoms with E-state index in [0.717, 1.165) is 0 Å². The largest absolute Gasteiger partial charge is 0.508 e. The highest BCUT2D eigenvalue weighted by Gasteiger charge is 2.38. The minimum absolute atomic E-state index is 0.00880. The number of primary amides is 1. The average molecular weight is 1280 g/mol. The zero-order valence-corrected chi connectivity index (χ0v) is 53.5. The van der Waals surface area contributed by atoms with Crippen molar-refractivity contribution in [1.29, 1.82) is 0 Å². The van der Waals surface area contributed by atoms with Gasteiger partial charge < -0.3 is 81.4 Å². The number of hydrogen-bond acceptors (Lipinski definition) is 18. The zero-order chi connectivity index (χ0) is 67.5. The molecule has 0 fully saturated rings. The summed E-state index contributed by atoms with van der Waals surface area (Å²) in [6.07, 6.45) is -1.17. The number of rotatable bonds is 48. The van der Waals surface area contributed by atoms with E-state index in [2.05, 4.69) is 36.6 Å². The number of phenolic OH excluding ortho intramolecular Hbond substituents is 1. The number of guanidine groups is 2. The number of phenols is 1. The number of nitrogens with one attached hydrogen (secondary N) is 5. The van der Waals surface area contributed by atoms with Crippen molar-refractivity contribution in [3.8, 4) is 5.75 Å². The van der Waals surface area contributed by atoms with Crippen molar-refractivity contribution in [2.45, 2.75) is 181 Å². The number of nitrogens with zero attached hydrogens (tertiary/aromatic N) is 2. The van der Waals surface area contributed by atoms with Gasteiger partial charge in [-0.1, -0.05) is 53.2 Å². The third-order valence-corrected chi connectivity index (χ3v) is 15.7. The number of aliphatic hydroxyl groups excluding tert-OH is 2. The van der Waals surface area contributed by atoms with Gasteiger partial charge in [0.25, 0.3) is 0 Å². The van der Waals surface area contributed by atoms with E-state index in [9.17, 15) is 73.2 Å². The first-order valence-electron chi connectivity index (χ1n) is 30.4. The van der Waals surface area contributed by atoms with Crippen LogP contribution in [0.4, 0.5) is 0 Å². The first-order chi connectivity index (χ1) is 41.9. The maximum absolute atomic E-state index is 14.5. The molecule has 1 aromatic carbocycles. The number of ketones is 4. The number of benzene rings is 1. The highest BCUT2D eigenvalue weighted by Crippen LogP contribution is 2.23. The highest BCUT2D eigenvalue weighted by atomic mass is 32.2. The third-order valence-electron chi connectivity index (χ3n) is 15.0. The Bertz CT molecular complexity index is 2530. The Hall–Kier alpha value is -7.24. The lowest BCUT2D eigenvalue weighted by Crippen LogP contribution is -2.51. The number of unbranched alkanes of at least 4 members (excludes halogenated alkanes) is 1. The number of carboxylic acids is 1. The van der Waals surface area contributed by atoms with Crippen LogP contribution < -0.4 is 61.0 Å². The number of aromatic hydroxyl groups is 1.